The molecule has 0 saturated heterocycles. The predicted molar refractivity (Wildman–Crippen MR) is 77.4 cm³/mol. The van der Waals surface area contributed by atoms with Gasteiger partial charge in [0.15, 0.2) is 0 Å². The Kier molecular flexibility index (Phi) is 4.46. The smallest absolute Gasteiger partial charge is 0.354 e. The number of hydrazine groups is 1. The third kappa shape index (κ3) is 3.34. The number of rotatable bonds is 6. The lowest BCUT2D eigenvalue weighted by atomic mass is 10.3. The SMILES string of the molecule is CCOc1cccc(Nc2ncnc(NN)c2[N+](=O)[O-])c1. The second-order valence-corrected chi connectivity index (χ2v) is 3.91. The molecule has 9 nitrogen and oxygen atoms in total. The highest BCUT2D eigenvalue weighted by Crippen LogP contribution is 2.31. The number of nitrogen functional groups attached to an aromatic ring is 1. The van der Waals surface area contributed by atoms with Gasteiger partial charge in [-0.1, -0.05) is 6.07 Å². The van der Waals surface area contributed by atoms with Crippen LogP contribution in [0.3, 0.4) is 0 Å². The molecule has 2 aromatic rings. The van der Waals surface area contributed by atoms with Crippen LogP contribution in [0.5, 0.6) is 5.75 Å². The molecule has 0 saturated carbocycles. The number of nitro groups is 1. The quantitative estimate of drug-likeness (QED) is 0.417. The molecular weight excluding hydrogens is 276 g/mol. The first-order valence-corrected chi connectivity index (χ1v) is 6.11. The van der Waals surface area contributed by atoms with Crippen LogP contribution < -0.4 is 21.3 Å². The molecule has 0 bridgehead atoms. The third-order valence-electron chi connectivity index (χ3n) is 2.55. The molecule has 0 aliphatic rings. The Morgan fingerprint density at radius 2 is 2.14 bits per heavy atom. The average Bonchev–Trinajstić information content (AvgIpc) is 2.47. The zero-order chi connectivity index (χ0) is 15.2. The molecule has 0 amide bonds. The summed E-state index contributed by atoms with van der Waals surface area (Å²) < 4.78 is 5.37. The standard InChI is InChI=1S/C12H14N6O3/c1-2-21-9-5-3-4-8(6-9)16-11-10(18(19)20)12(17-13)15-7-14-11/h3-7H,2,13H2,1H3,(H2,14,15,16,17). The van der Waals surface area contributed by atoms with Crippen molar-refractivity contribution < 1.29 is 9.66 Å². The number of nitrogens with two attached hydrogens (primary N) is 1. The Balaban J connectivity index is 2.35. The van der Waals surface area contributed by atoms with Gasteiger partial charge in [0.25, 0.3) is 0 Å². The second-order valence-electron chi connectivity index (χ2n) is 3.91. The van der Waals surface area contributed by atoms with Gasteiger partial charge in [-0.25, -0.2) is 15.8 Å². The van der Waals surface area contributed by atoms with Gasteiger partial charge in [-0.15, -0.1) is 0 Å². The molecular formula is C12H14N6O3. The van der Waals surface area contributed by atoms with Crippen LogP contribution in [0.25, 0.3) is 0 Å². The van der Waals surface area contributed by atoms with Crippen molar-refractivity contribution in [2.75, 3.05) is 17.3 Å². The van der Waals surface area contributed by atoms with Crippen LogP contribution in [0.1, 0.15) is 6.92 Å². The first-order chi connectivity index (χ1) is 10.2. The van der Waals surface area contributed by atoms with Gasteiger partial charge in [-0.05, 0) is 19.1 Å². The molecule has 0 radical (unpaired) electrons. The molecule has 4 N–H and O–H groups in total. The van der Waals surface area contributed by atoms with E-state index in [9.17, 15) is 10.1 Å². The molecule has 0 aliphatic heterocycles. The molecule has 21 heavy (non-hydrogen) atoms. The maximum Gasteiger partial charge on any atom is 0.354 e. The van der Waals surface area contributed by atoms with Crippen LogP contribution in [-0.4, -0.2) is 21.5 Å². The number of ether oxygens (including phenoxy) is 1. The minimum Gasteiger partial charge on any atom is -0.494 e. The number of hydrogen-bond donors (Lipinski definition) is 3. The van der Waals surface area contributed by atoms with E-state index >= 15 is 0 Å². The summed E-state index contributed by atoms with van der Waals surface area (Å²) in [5.41, 5.74) is 2.45. The van der Waals surface area contributed by atoms with Gasteiger partial charge < -0.3 is 15.5 Å². The maximum atomic E-state index is 11.1. The third-order valence-corrected chi connectivity index (χ3v) is 2.55. The summed E-state index contributed by atoms with van der Waals surface area (Å²) in [6.07, 6.45) is 1.18. The van der Waals surface area contributed by atoms with E-state index in [-0.39, 0.29) is 17.3 Å². The molecule has 1 aromatic carbocycles. The summed E-state index contributed by atoms with van der Waals surface area (Å²) in [6.45, 7) is 2.40. The van der Waals surface area contributed by atoms with Crippen LogP contribution in [0.4, 0.5) is 23.0 Å². The van der Waals surface area contributed by atoms with Crippen molar-refractivity contribution in [1.82, 2.24) is 9.97 Å². The van der Waals surface area contributed by atoms with Crippen LogP contribution in [0, 0.1) is 10.1 Å². The summed E-state index contributed by atoms with van der Waals surface area (Å²) >= 11 is 0. The van der Waals surface area contributed by atoms with Crippen LogP contribution in [0.2, 0.25) is 0 Å². The van der Waals surface area contributed by atoms with Crippen LogP contribution in [0.15, 0.2) is 30.6 Å². The van der Waals surface area contributed by atoms with Gasteiger partial charge in [-0.3, -0.25) is 10.1 Å². The van der Waals surface area contributed by atoms with Crippen molar-refractivity contribution in [3.8, 4) is 5.75 Å². The van der Waals surface area contributed by atoms with E-state index in [4.69, 9.17) is 10.6 Å². The van der Waals surface area contributed by atoms with Crippen molar-refractivity contribution >= 4 is 23.0 Å². The van der Waals surface area contributed by atoms with Crippen molar-refractivity contribution in [2.45, 2.75) is 6.92 Å². The van der Waals surface area contributed by atoms with Crippen molar-refractivity contribution in [3.05, 3.63) is 40.7 Å². The van der Waals surface area contributed by atoms with E-state index in [1.54, 1.807) is 24.3 Å². The predicted octanol–water partition coefficient (Wildman–Crippen LogP) is 1.81. The molecule has 110 valence electrons. The molecule has 0 atom stereocenters. The van der Waals surface area contributed by atoms with Gasteiger partial charge >= 0.3 is 5.69 Å². The topological polar surface area (TPSA) is 128 Å². The Morgan fingerprint density at radius 1 is 1.38 bits per heavy atom. The fraction of sp³-hybridized carbons (Fsp3) is 0.167. The molecule has 1 heterocycles. The fourth-order valence-electron chi connectivity index (χ4n) is 1.72. The lowest BCUT2D eigenvalue weighted by Crippen LogP contribution is -2.12. The lowest BCUT2D eigenvalue weighted by Gasteiger charge is -2.09. The van der Waals surface area contributed by atoms with E-state index in [1.807, 2.05) is 6.92 Å². The van der Waals surface area contributed by atoms with Gasteiger partial charge in [0.2, 0.25) is 11.6 Å². The molecule has 0 unspecified atom stereocenters. The van der Waals surface area contributed by atoms with E-state index in [0.29, 0.717) is 18.0 Å². The summed E-state index contributed by atoms with van der Waals surface area (Å²) in [7, 11) is 0. The zero-order valence-electron chi connectivity index (χ0n) is 11.2. The Morgan fingerprint density at radius 3 is 2.81 bits per heavy atom. The van der Waals surface area contributed by atoms with E-state index in [1.165, 1.54) is 6.33 Å². The molecule has 2 rings (SSSR count). The second kappa shape index (κ2) is 6.48. The van der Waals surface area contributed by atoms with Gasteiger partial charge in [-0.2, -0.15) is 0 Å². The maximum absolute atomic E-state index is 11.1. The Labute approximate surface area is 120 Å². The summed E-state index contributed by atoms with van der Waals surface area (Å²) in [5, 5.41) is 14.0. The van der Waals surface area contributed by atoms with Crippen molar-refractivity contribution in [2.24, 2.45) is 5.84 Å². The fourth-order valence-corrected chi connectivity index (χ4v) is 1.72. The average molecular weight is 290 g/mol. The Bertz CT molecular complexity index is 649. The van der Waals surface area contributed by atoms with Crippen LogP contribution >= 0.6 is 0 Å². The largest absolute Gasteiger partial charge is 0.494 e. The minimum atomic E-state index is -0.607. The number of hydrogen-bond acceptors (Lipinski definition) is 8. The number of benzene rings is 1. The molecule has 0 fully saturated rings. The molecule has 0 aliphatic carbocycles. The van der Waals surface area contributed by atoms with Gasteiger partial charge in [0, 0.05) is 11.8 Å². The van der Waals surface area contributed by atoms with Crippen molar-refractivity contribution in [3.63, 3.8) is 0 Å². The Hall–Kier alpha value is -2.94. The molecule has 0 spiro atoms. The zero-order valence-corrected chi connectivity index (χ0v) is 11.2. The number of aromatic nitrogens is 2. The summed E-state index contributed by atoms with van der Waals surface area (Å²) in [4.78, 5) is 18.1. The van der Waals surface area contributed by atoms with Crippen molar-refractivity contribution in [1.29, 1.82) is 0 Å². The monoisotopic (exact) mass is 290 g/mol. The van der Waals surface area contributed by atoms with E-state index in [0.717, 1.165) is 0 Å². The highest BCUT2D eigenvalue weighted by Gasteiger charge is 2.22. The van der Waals surface area contributed by atoms with E-state index < -0.39 is 4.92 Å². The van der Waals surface area contributed by atoms with Crippen LogP contribution in [-0.2, 0) is 0 Å². The minimum absolute atomic E-state index is 0.0385. The number of nitrogens with zero attached hydrogens (tertiary/aromatic N) is 3. The van der Waals surface area contributed by atoms with Gasteiger partial charge in [0.05, 0.1) is 11.5 Å². The molecule has 9 heteroatoms. The summed E-state index contributed by atoms with van der Waals surface area (Å²) in [5.74, 6) is 5.84. The normalized spacial score (nSPS) is 10.0. The van der Waals surface area contributed by atoms with Gasteiger partial charge in [0.1, 0.15) is 12.1 Å². The summed E-state index contributed by atoms with van der Waals surface area (Å²) in [6, 6.07) is 7.01. The first-order valence-electron chi connectivity index (χ1n) is 6.11. The lowest BCUT2D eigenvalue weighted by molar-refractivity contribution is -0.383. The number of nitrogens with one attached hydrogen (secondary N) is 2. The first kappa shape index (κ1) is 14.5. The highest BCUT2D eigenvalue weighted by molar-refractivity contribution is 5.73. The van der Waals surface area contributed by atoms with E-state index in [2.05, 4.69) is 20.7 Å². The number of anilines is 3. The molecule has 1 aromatic heterocycles. The highest BCUT2D eigenvalue weighted by atomic mass is 16.6.